The van der Waals surface area contributed by atoms with Crippen LogP contribution in [0.15, 0.2) is 46.1 Å². The van der Waals surface area contributed by atoms with Crippen LogP contribution in [0.2, 0.25) is 0 Å². The maximum absolute atomic E-state index is 4.23. The molecule has 0 fully saturated rings. The summed E-state index contributed by atoms with van der Waals surface area (Å²) < 4.78 is 2.11. The van der Waals surface area contributed by atoms with Gasteiger partial charge >= 0.3 is 0 Å². The van der Waals surface area contributed by atoms with E-state index in [2.05, 4.69) is 60.7 Å². The standard InChI is InChI=1S/C14H11N5S2/c1-8-16-17-14-18(8)19-12(21-14)7-20-13(19)10-6-15-11-5-3-2-4-9(10)11/h2-7,13,15H,1H3/t13-/m1/s1. The minimum atomic E-state index is 0.222. The van der Waals surface area contributed by atoms with Gasteiger partial charge in [-0.3, -0.25) is 5.01 Å². The number of aromatic nitrogens is 4. The van der Waals surface area contributed by atoms with Crippen molar-refractivity contribution in [3.8, 4) is 0 Å². The predicted octanol–water partition coefficient (Wildman–Crippen LogP) is 3.36. The van der Waals surface area contributed by atoms with Crippen LogP contribution in [0.25, 0.3) is 10.9 Å². The first-order chi connectivity index (χ1) is 10.3. The van der Waals surface area contributed by atoms with Crippen LogP contribution in [0.3, 0.4) is 0 Å². The van der Waals surface area contributed by atoms with Crippen molar-refractivity contribution in [3.63, 3.8) is 0 Å². The van der Waals surface area contributed by atoms with E-state index >= 15 is 0 Å². The van der Waals surface area contributed by atoms with Crippen LogP contribution >= 0.6 is 23.5 Å². The van der Waals surface area contributed by atoms with E-state index < -0.39 is 0 Å². The molecule has 0 unspecified atom stereocenters. The summed E-state index contributed by atoms with van der Waals surface area (Å²) in [6.45, 7) is 2.00. The molecule has 0 spiro atoms. The largest absolute Gasteiger partial charge is 0.361 e. The molecule has 7 heteroatoms. The molecule has 5 nitrogen and oxygen atoms in total. The van der Waals surface area contributed by atoms with E-state index in [0.717, 1.165) is 11.0 Å². The Balaban J connectivity index is 1.67. The highest BCUT2D eigenvalue weighted by Crippen LogP contribution is 2.52. The summed E-state index contributed by atoms with van der Waals surface area (Å²) in [7, 11) is 0. The molecular formula is C14H11N5S2. The first kappa shape index (κ1) is 11.8. The van der Waals surface area contributed by atoms with Gasteiger partial charge in [-0.05, 0) is 24.8 Å². The summed E-state index contributed by atoms with van der Waals surface area (Å²) in [6, 6.07) is 8.42. The van der Waals surface area contributed by atoms with Crippen molar-refractivity contribution in [2.45, 2.75) is 17.5 Å². The first-order valence-electron chi connectivity index (χ1n) is 6.64. The number of aryl methyl sites for hydroxylation is 1. The molecule has 2 aliphatic rings. The Bertz CT molecular complexity index is 894. The second kappa shape index (κ2) is 4.08. The quantitative estimate of drug-likeness (QED) is 0.746. The Morgan fingerprint density at radius 3 is 3.10 bits per heavy atom. The summed E-state index contributed by atoms with van der Waals surface area (Å²) in [4.78, 5) is 3.37. The molecule has 2 aromatic heterocycles. The van der Waals surface area contributed by atoms with E-state index in [4.69, 9.17) is 0 Å². The lowest BCUT2D eigenvalue weighted by atomic mass is 10.2. The second-order valence-electron chi connectivity index (χ2n) is 5.02. The lowest BCUT2D eigenvalue weighted by Gasteiger charge is -2.24. The zero-order valence-electron chi connectivity index (χ0n) is 11.1. The maximum atomic E-state index is 4.23. The van der Waals surface area contributed by atoms with Crippen LogP contribution in [-0.2, 0) is 0 Å². The lowest BCUT2D eigenvalue weighted by Crippen LogP contribution is -2.29. The number of hydrogen-bond acceptors (Lipinski definition) is 5. The molecule has 104 valence electrons. The molecule has 21 heavy (non-hydrogen) atoms. The Hall–Kier alpha value is -1.86. The number of hydrogen-bond donors (Lipinski definition) is 1. The fourth-order valence-electron chi connectivity index (χ4n) is 2.87. The fraction of sp³-hybridized carbons (Fsp3) is 0.143. The SMILES string of the molecule is Cc1nnc2n1N1C(=CS[C@@H]1c1c[nH]c3ccccc13)S2. The molecule has 1 aromatic carbocycles. The van der Waals surface area contributed by atoms with E-state index in [1.165, 1.54) is 21.5 Å². The third-order valence-electron chi connectivity index (χ3n) is 3.81. The average Bonchev–Trinajstić information content (AvgIpc) is 3.20. The van der Waals surface area contributed by atoms with Gasteiger partial charge in [0.2, 0.25) is 5.16 Å². The molecular weight excluding hydrogens is 302 g/mol. The highest BCUT2D eigenvalue weighted by molar-refractivity contribution is 8.07. The van der Waals surface area contributed by atoms with Gasteiger partial charge in [0.1, 0.15) is 10.4 Å². The lowest BCUT2D eigenvalue weighted by molar-refractivity contribution is 0.619. The van der Waals surface area contributed by atoms with Crippen molar-refractivity contribution in [3.05, 3.63) is 52.3 Å². The number of nitrogens with one attached hydrogen (secondary N) is 1. The van der Waals surface area contributed by atoms with Gasteiger partial charge in [-0.2, -0.15) is 0 Å². The van der Waals surface area contributed by atoms with Gasteiger partial charge in [-0.1, -0.05) is 30.0 Å². The van der Waals surface area contributed by atoms with Crippen LogP contribution in [0.4, 0.5) is 0 Å². The number of rotatable bonds is 1. The summed E-state index contributed by atoms with van der Waals surface area (Å²) in [5.74, 6) is 0.924. The van der Waals surface area contributed by atoms with E-state index in [0.29, 0.717) is 0 Å². The smallest absolute Gasteiger partial charge is 0.216 e. The molecule has 0 radical (unpaired) electrons. The minimum absolute atomic E-state index is 0.222. The highest BCUT2D eigenvalue weighted by Gasteiger charge is 2.39. The number of thioether (sulfide) groups is 2. The van der Waals surface area contributed by atoms with Crippen LogP contribution in [0, 0.1) is 6.92 Å². The van der Waals surface area contributed by atoms with Crippen molar-refractivity contribution in [2.75, 3.05) is 5.01 Å². The van der Waals surface area contributed by atoms with Gasteiger partial charge < -0.3 is 4.98 Å². The topological polar surface area (TPSA) is 49.7 Å². The highest BCUT2D eigenvalue weighted by atomic mass is 32.2. The molecule has 1 N–H and O–H groups in total. The molecule has 1 atom stereocenters. The van der Waals surface area contributed by atoms with Crippen LogP contribution in [0.1, 0.15) is 16.8 Å². The van der Waals surface area contributed by atoms with Gasteiger partial charge in [0.15, 0.2) is 5.82 Å². The summed E-state index contributed by atoms with van der Waals surface area (Å²) in [6.07, 6.45) is 2.11. The van der Waals surface area contributed by atoms with Crippen LogP contribution < -0.4 is 5.01 Å². The Kier molecular flexibility index (Phi) is 2.29. The van der Waals surface area contributed by atoms with E-state index in [9.17, 15) is 0 Å². The molecule has 3 aromatic rings. The van der Waals surface area contributed by atoms with Crippen molar-refractivity contribution >= 4 is 34.4 Å². The third kappa shape index (κ3) is 1.50. The molecule has 4 heterocycles. The average molecular weight is 313 g/mol. The first-order valence-corrected chi connectivity index (χ1v) is 8.40. The molecule has 0 amide bonds. The van der Waals surface area contributed by atoms with Gasteiger partial charge in [0, 0.05) is 28.1 Å². The van der Waals surface area contributed by atoms with Crippen LogP contribution in [0.5, 0.6) is 0 Å². The van der Waals surface area contributed by atoms with Crippen molar-refractivity contribution in [1.82, 2.24) is 19.9 Å². The Morgan fingerprint density at radius 2 is 2.14 bits per heavy atom. The van der Waals surface area contributed by atoms with E-state index in [1.54, 1.807) is 11.8 Å². The Morgan fingerprint density at radius 1 is 1.24 bits per heavy atom. The number of H-pyrrole nitrogens is 1. The molecule has 0 bridgehead atoms. The Labute approximate surface area is 129 Å². The van der Waals surface area contributed by atoms with Crippen molar-refractivity contribution in [1.29, 1.82) is 0 Å². The third-order valence-corrected chi connectivity index (χ3v) is 5.98. The number of benzene rings is 1. The van der Waals surface area contributed by atoms with Gasteiger partial charge in [0.25, 0.3) is 0 Å². The van der Waals surface area contributed by atoms with E-state index in [1.807, 2.05) is 18.7 Å². The monoisotopic (exact) mass is 313 g/mol. The van der Waals surface area contributed by atoms with Crippen molar-refractivity contribution < 1.29 is 0 Å². The number of aromatic amines is 1. The summed E-state index contributed by atoms with van der Waals surface area (Å²) >= 11 is 3.51. The molecule has 0 saturated carbocycles. The maximum Gasteiger partial charge on any atom is 0.216 e. The fourth-order valence-corrected chi connectivity index (χ4v) is 5.17. The van der Waals surface area contributed by atoms with Gasteiger partial charge in [0.05, 0.1) is 0 Å². The van der Waals surface area contributed by atoms with Crippen LogP contribution in [-0.4, -0.2) is 19.9 Å². The van der Waals surface area contributed by atoms with E-state index in [-0.39, 0.29) is 5.37 Å². The second-order valence-corrected chi connectivity index (χ2v) is 6.96. The van der Waals surface area contributed by atoms with Crippen molar-refractivity contribution in [2.24, 2.45) is 0 Å². The number of nitrogens with zero attached hydrogens (tertiary/aromatic N) is 4. The summed E-state index contributed by atoms with van der Waals surface area (Å²) in [5, 5.41) is 16.6. The number of para-hydroxylation sites is 1. The predicted molar refractivity (Wildman–Crippen MR) is 85.5 cm³/mol. The molecule has 0 aliphatic carbocycles. The minimum Gasteiger partial charge on any atom is -0.361 e. The molecule has 2 aliphatic heterocycles. The molecule has 5 rings (SSSR count). The van der Waals surface area contributed by atoms with Gasteiger partial charge in [-0.15, -0.1) is 10.2 Å². The normalized spacial score (nSPS) is 20.0. The molecule has 0 saturated heterocycles. The zero-order chi connectivity index (χ0) is 14.0. The number of fused-ring (bicyclic) bond motifs is 4. The summed E-state index contributed by atoms with van der Waals surface area (Å²) in [5.41, 5.74) is 2.47. The van der Waals surface area contributed by atoms with Gasteiger partial charge in [-0.25, -0.2) is 4.68 Å². The zero-order valence-corrected chi connectivity index (χ0v) is 12.8.